The number of hydrogen-bond acceptors (Lipinski definition) is 2. The molecule has 2 rings (SSSR count). The van der Waals surface area contributed by atoms with Crippen molar-refractivity contribution < 1.29 is 4.79 Å². The van der Waals surface area contributed by atoms with Gasteiger partial charge in [0.25, 0.3) is 5.91 Å². The number of carbonyl (C=O) groups excluding carboxylic acids is 1. The minimum absolute atomic E-state index is 0.0400. The number of alkyl halides is 1. The van der Waals surface area contributed by atoms with Crippen LogP contribution < -0.4 is 5.32 Å². The van der Waals surface area contributed by atoms with Crippen molar-refractivity contribution in [3.63, 3.8) is 0 Å². The minimum atomic E-state index is -0.0400. The molecule has 2 nitrogen and oxygen atoms in total. The standard InChI is InChI=1S/C14H12Br3NOS/c15-8-10(6-9-4-2-1-3-5-9)18-14(19)12-7-11(16)13(17)20-12/h1-5,7,10H,6,8H2,(H,18,19). The zero-order chi connectivity index (χ0) is 14.5. The van der Waals surface area contributed by atoms with E-state index in [0.717, 1.165) is 20.0 Å². The molecule has 1 atom stereocenters. The third kappa shape index (κ3) is 4.41. The molecule has 0 aliphatic carbocycles. The average molecular weight is 482 g/mol. The number of benzene rings is 1. The summed E-state index contributed by atoms with van der Waals surface area (Å²) in [5, 5.41) is 3.78. The molecule has 0 aliphatic rings. The van der Waals surface area contributed by atoms with Crippen molar-refractivity contribution in [1.82, 2.24) is 5.32 Å². The van der Waals surface area contributed by atoms with Crippen LogP contribution in [-0.4, -0.2) is 17.3 Å². The van der Waals surface area contributed by atoms with Crippen molar-refractivity contribution >= 4 is 65.0 Å². The van der Waals surface area contributed by atoms with Crippen LogP contribution in [0, 0.1) is 0 Å². The molecule has 20 heavy (non-hydrogen) atoms. The van der Waals surface area contributed by atoms with Crippen molar-refractivity contribution in [3.8, 4) is 0 Å². The fourth-order valence-corrected chi connectivity index (χ4v) is 4.09. The van der Waals surface area contributed by atoms with E-state index in [-0.39, 0.29) is 11.9 Å². The second kappa shape index (κ2) is 7.73. The Labute approximate surface area is 147 Å². The van der Waals surface area contributed by atoms with Crippen LogP contribution in [0.2, 0.25) is 0 Å². The molecule has 1 amide bonds. The lowest BCUT2D eigenvalue weighted by Gasteiger charge is -2.15. The van der Waals surface area contributed by atoms with Gasteiger partial charge in [-0.05, 0) is 49.9 Å². The lowest BCUT2D eigenvalue weighted by molar-refractivity contribution is 0.0945. The summed E-state index contributed by atoms with van der Waals surface area (Å²) in [6, 6.07) is 12.1. The molecule has 1 unspecified atom stereocenters. The monoisotopic (exact) mass is 479 g/mol. The smallest absolute Gasteiger partial charge is 0.261 e. The summed E-state index contributed by atoms with van der Waals surface area (Å²) in [6.45, 7) is 0. The van der Waals surface area contributed by atoms with E-state index in [1.54, 1.807) is 0 Å². The first-order chi connectivity index (χ1) is 9.60. The number of rotatable bonds is 5. The summed E-state index contributed by atoms with van der Waals surface area (Å²) in [5.41, 5.74) is 1.21. The van der Waals surface area contributed by atoms with Gasteiger partial charge in [-0.25, -0.2) is 0 Å². The van der Waals surface area contributed by atoms with E-state index in [1.165, 1.54) is 16.9 Å². The van der Waals surface area contributed by atoms with Gasteiger partial charge in [0.05, 0.1) is 8.66 Å². The molecule has 106 valence electrons. The number of amides is 1. The maximum Gasteiger partial charge on any atom is 0.261 e. The van der Waals surface area contributed by atoms with Crippen molar-refractivity contribution in [1.29, 1.82) is 0 Å². The van der Waals surface area contributed by atoms with Gasteiger partial charge < -0.3 is 5.32 Å². The van der Waals surface area contributed by atoms with Crippen LogP contribution in [0.15, 0.2) is 44.7 Å². The molecule has 0 saturated heterocycles. The molecule has 1 N–H and O–H groups in total. The number of hydrogen-bond donors (Lipinski definition) is 1. The van der Waals surface area contributed by atoms with Gasteiger partial charge in [-0.15, -0.1) is 11.3 Å². The zero-order valence-electron chi connectivity index (χ0n) is 10.4. The maximum atomic E-state index is 12.2. The molecule has 0 bridgehead atoms. The van der Waals surface area contributed by atoms with Gasteiger partial charge >= 0.3 is 0 Å². The van der Waals surface area contributed by atoms with E-state index in [0.29, 0.717) is 4.88 Å². The van der Waals surface area contributed by atoms with Crippen molar-refractivity contribution in [3.05, 3.63) is 55.1 Å². The molecule has 0 saturated carbocycles. The average Bonchev–Trinajstić information content (AvgIpc) is 2.79. The van der Waals surface area contributed by atoms with E-state index in [2.05, 4.69) is 65.2 Å². The highest BCUT2D eigenvalue weighted by molar-refractivity contribution is 9.13. The van der Waals surface area contributed by atoms with E-state index in [9.17, 15) is 4.79 Å². The molecule has 0 spiro atoms. The van der Waals surface area contributed by atoms with E-state index < -0.39 is 0 Å². The highest BCUT2D eigenvalue weighted by Gasteiger charge is 2.16. The Morgan fingerprint density at radius 2 is 1.95 bits per heavy atom. The van der Waals surface area contributed by atoms with Gasteiger partial charge in [-0.2, -0.15) is 0 Å². The summed E-state index contributed by atoms with van der Waals surface area (Å²) in [5.74, 6) is -0.0400. The van der Waals surface area contributed by atoms with E-state index >= 15 is 0 Å². The second-order valence-electron chi connectivity index (χ2n) is 4.25. The predicted molar refractivity (Wildman–Crippen MR) is 94.9 cm³/mol. The summed E-state index contributed by atoms with van der Waals surface area (Å²) in [6.07, 6.45) is 0.811. The quantitative estimate of drug-likeness (QED) is 0.598. The number of carbonyl (C=O) groups is 1. The van der Waals surface area contributed by atoms with Gasteiger partial charge in [0.2, 0.25) is 0 Å². The van der Waals surface area contributed by atoms with Crippen LogP contribution in [0.5, 0.6) is 0 Å². The summed E-state index contributed by atoms with van der Waals surface area (Å²) >= 11 is 11.7. The lowest BCUT2D eigenvalue weighted by atomic mass is 10.1. The topological polar surface area (TPSA) is 29.1 Å². The summed E-state index contributed by atoms with van der Waals surface area (Å²) in [7, 11) is 0. The number of halogens is 3. The maximum absolute atomic E-state index is 12.2. The molecule has 1 heterocycles. The molecule has 1 aromatic carbocycles. The molecule has 0 radical (unpaired) electrons. The third-order valence-corrected chi connectivity index (χ3v) is 6.75. The highest BCUT2D eigenvalue weighted by atomic mass is 79.9. The van der Waals surface area contributed by atoms with E-state index in [1.807, 2.05) is 24.3 Å². The number of thiophene rings is 1. The Kier molecular flexibility index (Phi) is 6.26. The Bertz CT molecular complexity index is 566. The van der Waals surface area contributed by atoms with Crippen LogP contribution in [0.3, 0.4) is 0 Å². The Hall–Kier alpha value is -0.170. The molecule has 0 fully saturated rings. The SMILES string of the molecule is O=C(NC(CBr)Cc1ccccc1)c1cc(Br)c(Br)s1. The Balaban J connectivity index is 2.01. The van der Waals surface area contributed by atoms with Gasteiger partial charge in [0, 0.05) is 15.8 Å². The van der Waals surface area contributed by atoms with Crippen molar-refractivity contribution in [2.75, 3.05) is 5.33 Å². The van der Waals surface area contributed by atoms with Crippen LogP contribution >= 0.6 is 59.1 Å². The second-order valence-corrected chi connectivity index (χ2v) is 8.12. The third-order valence-electron chi connectivity index (χ3n) is 2.72. The van der Waals surface area contributed by atoms with Crippen LogP contribution in [-0.2, 0) is 6.42 Å². The fraction of sp³-hybridized carbons (Fsp3) is 0.214. The van der Waals surface area contributed by atoms with Crippen molar-refractivity contribution in [2.45, 2.75) is 12.5 Å². The highest BCUT2D eigenvalue weighted by Crippen LogP contribution is 2.32. The van der Waals surface area contributed by atoms with Crippen LogP contribution in [0.25, 0.3) is 0 Å². The van der Waals surface area contributed by atoms with Crippen molar-refractivity contribution in [2.24, 2.45) is 0 Å². The first-order valence-electron chi connectivity index (χ1n) is 5.95. The molecule has 2 aromatic rings. The zero-order valence-corrected chi connectivity index (χ0v) is 16.0. The first kappa shape index (κ1) is 16.2. The van der Waals surface area contributed by atoms with Gasteiger partial charge in [0.15, 0.2) is 0 Å². The Morgan fingerprint density at radius 3 is 2.50 bits per heavy atom. The minimum Gasteiger partial charge on any atom is -0.347 e. The summed E-state index contributed by atoms with van der Waals surface area (Å²) in [4.78, 5) is 12.9. The van der Waals surface area contributed by atoms with Crippen LogP contribution in [0.4, 0.5) is 0 Å². The van der Waals surface area contributed by atoms with Gasteiger partial charge in [-0.3, -0.25) is 4.79 Å². The van der Waals surface area contributed by atoms with Gasteiger partial charge in [-0.1, -0.05) is 46.3 Å². The lowest BCUT2D eigenvalue weighted by Crippen LogP contribution is -2.37. The van der Waals surface area contributed by atoms with Crippen LogP contribution in [0.1, 0.15) is 15.2 Å². The molecule has 1 aromatic heterocycles. The largest absolute Gasteiger partial charge is 0.347 e. The molecular formula is C14H12Br3NOS. The number of nitrogens with one attached hydrogen (secondary N) is 1. The van der Waals surface area contributed by atoms with E-state index in [4.69, 9.17) is 0 Å². The fourth-order valence-electron chi connectivity index (χ4n) is 1.76. The molecular weight excluding hydrogens is 470 g/mol. The predicted octanol–water partition coefficient (Wildman–Crippen LogP) is 5.01. The first-order valence-corrected chi connectivity index (χ1v) is 9.48. The Morgan fingerprint density at radius 1 is 1.25 bits per heavy atom. The normalized spacial score (nSPS) is 12.2. The molecule has 6 heteroatoms. The van der Waals surface area contributed by atoms with Gasteiger partial charge in [0.1, 0.15) is 0 Å². The molecule has 0 aliphatic heterocycles. The summed E-state index contributed by atoms with van der Waals surface area (Å²) < 4.78 is 1.84.